The van der Waals surface area contributed by atoms with E-state index in [0.717, 1.165) is 66.9 Å². The Balaban J connectivity index is 1.71. The normalized spacial score (nSPS) is 16.3. The van der Waals surface area contributed by atoms with Crippen LogP contribution >= 0.6 is 0 Å². The van der Waals surface area contributed by atoms with Crippen molar-refractivity contribution in [2.45, 2.75) is 58.4 Å². The number of fused-ring (bicyclic) bond motifs is 1. The average molecular weight is 436 g/mol. The third-order valence-electron chi connectivity index (χ3n) is 6.02. The maximum absolute atomic E-state index is 9.55. The Morgan fingerprint density at radius 2 is 2.06 bits per heavy atom. The van der Waals surface area contributed by atoms with E-state index in [9.17, 15) is 5.11 Å². The lowest BCUT2D eigenvalue weighted by Crippen LogP contribution is -2.41. The van der Waals surface area contributed by atoms with Gasteiger partial charge in [-0.05, 0) is 56.7 Å². The Morgan fingerprint density at radius 1 is 1.22 bits per heavy atom. The zero-order valence-electron chi connectivity index (χ0n) is 19.0. The van der Waals surface area contributed by atoms with E-state index in [1.165, 1.54) is 6.42 Å². The van der Waals surface area contributed by atoms with Gasteiger partial charge in [0, 0.05) is 41.8 Å². The third kappa shape index (κ3) is 4.70. The van der Waals surface area contributed by atoms with E-state index in [-0.39, 0.29) is 12.6 Å². The van der Waals surface area contributed by atoms with E-state index in [2.05, 4.69) is 41.1 Å². The van der Waals surface area contributed by atoms with Gasteiger partial charge in [-0.2, -0.15) is 19.6 Å². The second kappa shape index (κ2) is 9.99. The van der Waals surface area contributed by atoms with Crippen molar-refractivity contribution >= 4 is 28.9 Å². The molecule has 170 valence electrons. The topological polar surface area (TPSA) is 90.6 Å². The molecule has 3 heterocycles. The van der Waals surface area contributed by atoms with E-state index in [0.29, 0.717) is 11.9 Å². The largest absolute Gasteiger partial charge is 0.396 e. The highest BCUT2D eigenvalue weighted by molar-refractivity contribution is 5.65. The van der Waals surface area contributed by atoms with Crippen molar-refractivity contribution in [3.8, 4) is 0 Å². The molecule has 0 bridgehead atoms. The molecule has 8 nitrogen and oxygen atoms in total. The Labute approximate surface area is 189 Å². The van der Waals surface area contributed by atoms with Gasteiger partial charge in [0.15, 0.2) is 5.65 Å². The Kier molecular flexibility index (Phi) is 6.90. The highest BCUT2D eigenvalue weighted by atomic mass is 16.3. The molecule has 1 atom stereocenters. The van der Waals surface area contributed by atoms with Crippen molar-refractivity contribution in [3.63, 3.8) is 0 Å². The summed E-state index contributed by atoms with van der Waals surface area (Å²) in [5.74, 6) is 1.33. The first kappa shape index (κ1) is 22.1. The summed E-state index contributed by atoms with van der Waals surface area (Å²) < 4.78 is 1.78. The summed E-state index contributed by atoms with van der Waals surface area (Å²) in [4.78, 5) is 12.0. The van der Waals surface area contributed by atoms with E-state index < -0.39 is 0 Å². The maximum atomic E-state index is 9.55. The average Bonchev–Trinajstić information content (AvgIpc) is 3.23. The van der Waals surface area contributed by atoms with Gasteiger partial charge < -0.3 is 20.6 Å². The van der Waals surface area contributed by atoms with Gasteiger partial charge in [-0.3, -0.25) is 0 Å². The standard InChI is InChI=1S/C24H33N7O/c1-4-17(3)26-19-9-8-10-20(15-19)27-24-29-23(28-22-18(5-2)16-25-31(22)24)30-13-7-6-11-21(30)12-14-32/h8-10,15-16,21,26,32H,3-7,11-14H2,1-2H3,(H,27,28,29)/t21-/m0/s1. The molecule has 2 aromatic heterocycles. The lowest BCUT2D eigenvalue weighted by atomic mass is 10.0. The molecule has 1 aliphatic heterocycles. The highest BCUT2D eigenvalue weighted by Gasteiger charge is 2.26. The smallest absolute Gasteiger partial charge is 0.233 e. The number of allylic oxidation sites excluding steroid dienone is 1. The van der Waals surface area contributed by atoms with Crippen molar-refractivity contribution in [3.05, 3.63) is 48.3 Å². The number of piperidine rings is 1. The molecule has 3 N–H and O–H groups in total. The number of aliphatic hydroxyl groups is 1. The van der Waals surface area contributed by atoms with Crippen LogP contribution in [0.2, 0.25) is 0 Å². The summed E-state index contributed by atoms with van der Waals surface area (Å²) >= 11 is 0. The molecule has 1 saturated heterocycles. The molecule has 1 fully saturated rings. The van der Waals surface area contributed by atoms with Crippen LogP contribution in [-0.2, 0) is 6.42 Å². The number of hydrogen-bond donors (Lipinski definition) is 3. The van der Waals surface area contributed by atoms with Crippen LogP contribution in [0.15, 0.2) is 42.7 Å². The number of anilines is 4. The van der Waals surface area contributed by atoms with Crippen molar-refractivity contribution < 1.29 is 5.11 Å². The van der Waals surface area contributed by atoms with Gasteiger partial charge in [0.25, 0.3) is 0 Å². The maximum Gasteiger partial charge on any atom is 0.233 e. The second-order valence-electron chi connectivity index (χ2n) is 8.25. The highest BCUT2D eigenvalue weighted by Crippen LogP contribution is 2.28. The zero-order valence-corrected chi connectivity index (χ0v) is 19.0. The van der Waals surface area contributed by atoms with E-state index in [4.69, 9.17) is 9.97 Å². The van der Waals surface area contributed by atoms with Crippen molar-refractivity contribution in [2.24, 2.45) is 0 Å². The minimum absolute atomic E-state index is 0.171. The molecule has 32 heavy (non-hydrogen) atoms. The lowest BCUT2D eigenvalue weighted by Gasteiger charge is -2.35. The van der Waals surface area contributed by atoms with Crippen LogP contribution in [0.1, 0.15) is 51.5 Å². The fourth-order valence-corrected chi connectivity index (χ4v) is 4.18. The second-order valence-corrected chi connectivity index (χ2v) is 8.25. The SMILES string of the molecule is C=C(CC)Nc1cccc(Nc2nc(N3CCCC[C@H]3CCO)nc3c(CC)cnn23)c1. The van der Waals surface area contributed by atoms with Crippen LogP contribution < -0.4 is 15.5 Å². The number of hydrogen-bond acceptors (Lipinski definition) is 7. The first-order chi connectivity index (χ1) is 15.6. The molecule has 1 aromatic carbocycles. The Morgan fingerprint density at radius 3 is 2.84 bits per heavy atom. The number of aryl methyl sites for hydroxylation is 1. The van der Waals surface area contributed by atoms with Gasteiger partial charge in [-0.25, -0.2) is 0 Å². The van der Waals surface area contributed by atoms with Gasteiger partial charge in [0.1, 0.15) is 0 Å². The van der Waals surface area contributed by atoms with Crippen molar-refractivity contribution in [1.29, 1.82) is 0 Å². The predicted molar refractivity (Wildman–Crippen MR) is 130 cm³/mol. The van der Waals surface area contributed by atoms with Gasteiger partial charge >= 0.3 is 0 Å². The molecule has 0 unspecified atom stereocenters. The minimum Gasteiger partial charge on any atom is -0.396 e. The molecule has 0 saturated carbocycles. The Hall–Kier alpha value is -3.13. The number of aromatic nitrogens is 4. The summed E-state index contributed by atoms with van der Waals surface area (Å²) in [5, 5.41) is 20.9. The van der Waals surface area contributed by atoms with Gasteiger partial charge in [0.05, 0.1) is 6.20 Å². The van der Waals surface area contributed by atoms with Crippen LogP contribution in [0.25, 0.3) is 5.65 Å². The summed E-state index contributed by atoms with van der Waals surface area (Å²) in [6.45, 7) is 9.28. The fourth-order valence-electron chi connectivity index (χ4n) is 4.18. The van der Waals surface area contributed by atoms with Crippen LogP contribution in [0.3, 0.4) is 0 Å². The van der Waals surface area contributed by atoms with E-state index in [1.807, 2.05) is 30.5 Å². The molecule has 4 rings (SSSR count). The molecule has 8 heteroatoms. The van der Waals surface area contributed by atoms with Gasteiger partial charge in [0.2, 0.25) is 11.9 Å². The van der Waals surface area contributed by atoms with Crippen LogP contribution in [0, 0.1) is 0 Å². The van der Waals surface area contributed by atoms with Crippen LogP contribution in [0.4, 0.5) is 23.3 Å². The quantitative estimate of drug-likeness (QED) is 0.456. The van der Waals surface area contributed by atoms with Crippen LogP contribution in [-0.4, -0.2) is 43.9 Å². The van der Waals surface area contributed by atoms with Crippen molar-refractivity contribution in [1.82, 2.24) is 19.6 Å². The third-order valence-corrected chi connectivity index (χ3v) is 6.02. The molecule has 0 aliphatic carbocycles. The van der Waals surface area contributed by atoms with Crippen molar-refractivity contribution in [2.75, 3.05) is 28.7 Å². The summed E-state index contributed by atoms with van der Waals surface area (Å²) in [6, 6.07) is 8.31. The molecular formula is C24H33N7O. The van der Waals surface area contributed by atoms with Gasteiger partial charge in [-0.15, -0.1) is 0 Å². The lowest BCUT2D eigenvalue weighted by molar-refractivity contribution is 0.261. The first-order valence-electron chi connectivity index (χ1n) is 11.6. The number of nitrogens with one attached hydrogen (secondary N) is 2. The molecule has 1 aliphatic rings. The monoisotopic (exact) mass is 435 g/mol. The minimum atomic E-state index is 0.171. The number of rotatable bonds is 9. The van der Waals surface area contributed by atoms with Gasteiger partial charge in [-0.1, -0.05) is 26.5 Å². The molecular weight excluding hydrogens is 402 g/mol. The molecule has 3 aromatic rings. The number of aliphatic hydroxyl groups excluding tert-OH is 1. The molecule has 0 amide bonds. The van der Waals surface area contributed by atoms with Crippen LogP contribution in [0.5, 0.6) is 0 Å². The number of nitrogens with zero attached hydrogens (tertiary/aromatic N) is 5. The number of benzene rings is 1. The summed E-state index contributed by atoms with van der Waals surface area (Å²) in [5.41, 5.74) is 4.75. The molecule has 0 spiro atoms. The summed E-state index contributed by atoms with van der Waals surface area (Å²) in [7, 11) is 0. The van der Waals surface area contributed by atoms with E-state index >= 15 is 0 Å². The van der Waals surface area contributed by atoms with E-state index in [1.54, 1.807) is 4.52 Å². The summed E-state index contributed by atoms with van der Waals surface area (Å²) in [6.07, 6.45) is 7.63. The molecule has 0 radical (unpaired) electrons. The fraction of sp³-hybridized carbons (Fsp3) is 0.458. The predicted octanol–water partition coefficient (Wildman–Crippen LogP) is 4.51. The zero-order chi connectivity index (χ0) is 22.5. The Bertz CT molecular complexity index is 1080. The first-order valence-corrected chi connectivity index (χ1v) is 11.6.